The number of carbonyl (C=O) groups excluding carboxylic acids is 1. The Morgan fingerprint density at radius 2 is 1.62 bits per heavy atom. The Kier molecular flexibility index (Phi) is 7.66. The topological polar surface area (TPSA) is 58.6 Å². The number of thiocarbonyl (C=S) groups is 1. The van der Waals surface area contributed by atoms with Crippen LogP contribution in [0.25, 0.3) is 0 Å². The number of esters is 1. The average molecular weight is 484 g/mol. The normalized spacial score (nSPS) is 12.8. The van der Waals surface area contributed by atoms with E-state index in [1.54, 1.807) is 6.07 Å². The van der Waals surface area contributed by atoms with Gasteiger partial charge in [-0.3, -0.25) is 0 Å². The fourth-order valence-electron chi connectivity index (χ4n) is 4.22. The maximum absolute atomic E-state index is 12.3. The molecule has 2 N–H and O–H groups in total. The van der Waals surface area contributed by atoms with Gasteiger partial charge in [0.15, 0.2) is 0 Å². The molecule has 1 heterocycles. The number of thiophene rings is 1. The monoisotopic (exact) mass is 483 g/mol. The van der Waals surface area contributed by atoms with Crippen molar-refractivity contribution < 1.29 is 14.3 Å². The number of hydrogen-bond acceptors (Lipinski definition) is 5. The van der Waals surface area contributed by atoms with Crippen LogP contribution in [0.1, 0.15) is 37.6 Å². The summed E-state index contributed by atoms with van der Waals surface area (Å²) in [7, 11) is -1.74. The lowest BCUT2D eigenvalue weighted by molar-refractivity contribution is 0.0602. The molecule has 0 amide bonds. The second kappa shape index (κ2) is 10.1. The molecule has 0 saturated heterocycles. The van der Waals surface area contributed by atoms with Crippen LogP contribution in [0.4, 0.5) is 5.00 Å². The van der Waals surface area contributed by atoms with Crippen LogP contribution in [0, 0.1) is 5.92 Å². The van der Waals surface area contributed by atoms with Gasteiger partial charge in [0, 0.05) is 5.92 Å². The van der Waals surface area contributed by atoms with E-state index in [0.29, 0.717) is 22.0 Å². The highest BCUT2D eigenvalue weighted by Gasteiger charge is 2.50. The van der Waals surface area contributed by atoms with Crippen molar-refractivity contribution in [1.29, 1.82) is 0 Å². The third kappa shape index (κ3) is 4.86. The van der Waals surface area contributed by atoms with Crippen LogP contribution in [0.5, 0.6) is 0 Å². The lowest BCUT2D eigenvalue weighted by Crippen LogP contribution is -2.65. The van der Waals surface area contributed by atoms with E-state index in [4.69, 9.17) is 17.0 Å². The standard InChI is InChI=1S/C25H29NO3S2Si/c1-18(22(30)26-23-21(15-16-31-23)24(27)29-4)17-25(2,3)32(28,19-11-7-5-8-12-19)20-13-9-6-10-14-20/h5-16,18,28H,17H2,1-4H3,(H,26,30)/t18-/m1/s1. The molecule has 0 aliphatic rings. The molecule has 0 radical (unpaired) electrons. The highest BCUT2D eigenvalue weighted by molar-refractivity contribution is 7.80. The zero-order valence-corrected chi connectivity index (χ0v) is 21.4. The minimum atomic E-state index is -3.11. The van der Waals surface area contributed by atoms with Gasteiger partial charge in [-0.1, -0.05) is 93.7 Å². The summed E-state index contributed by atoms with van der Waals surface area (Å²) in [6, 6.07) is 21.7. The van der Waals surface area contributed by atoms with Crippen LogP contribution in [-0.4, -0.2) is 31.2 Å². The number of methoxy groups -OCH3 is 1. The molecule has 0 aliphatic heterocycles. The van der Waals surface area contributed by atoms with Crippen molar-refractivity contribution in [2.24, 2.45) is 5.92 Å². The number of anilines is 1. The SMILES string of the molecule is COC(=O)c1ccsc1NC(=S)[C@H](C)CC(C)(C)[Si](O)(c1ccccc1)c1ccccc1. The molecule has 168 valence electrons. The van der Waals surface area contributed by atoms with E-state index in [9.17, 15) is 9.59 Å². The Morgan fingerprint density at radius 3 is 2.12 bits per heavy atom. The molecule has 0 bridgehead atoms. The van der Waals surface area contributed by atoms with E-state index < -0.39 is 13.4 Å². The van der Waals surface area contributed by atoms with Gasteiger partial charge < -0.3 is 14.8 Å². The molecule has 0 fully saturated rings. The number of benzene rings is 2. The van der Waals surface area contributed by atoms with E-state index in [0.717, 1.165) is 10.4 Å². The summed E-state index contributed by atoms with van der Waals surface area (Å²) < 4.78 is 4.86. The fourth-order valence-corrected chi connectivity index (χ4v) is 9.11. The van der Waals surface area contributed by atoms with Crippen LogP contribution < -0.4 is 15.7 Å². The fraction of sp³-hybridized carbons (Fsp3) is 0.280. The van der Waals surface area contributed by atoms with Crippen molar-refractivity contribution in [2.75, 3.05) is 12.4 Å². The molecule has 3 rings (SSSR count). The van der Waals surface area contributed by atoms with E-state index in [-0.39, 0.29) is 11.9 Å². The first kappa shape index (κ1) is 24.3. The number of hydrogen-bond donors (Lipinski definition) is 2. The number of ether oxygens (including phenoxy) is 1. The lowest BCUT2D eigenvalue weighted by atomic mass is 9.97. The molecule has 32 heavy (non-hydrogen) atoms. The predicted molar refractivity (Wildman–Crippen MR) is 140 cm³/mol. The first-order chi connectivity index (χ1) is 15.2. The van der Waals surface area contributed by atoms with Gasteiger partial charge in [0.2, 0.25) is 0 Å². The van der Waals surface area contributed by atoms with Crippen molar-refractivity contribution in [2.45, 2.75) is 32.2 Å². The van der Waals surface area contributed by atoms with Crippen LogP contribution >= 0.6 is 23.6 Å². The molecule has 0 saturated carbocycles. The molecule has 1 atom stereocenters. The Morgan fingerprint density at radius 1 is 1.09 bits per heavy atom. The summed E-state index contributed by atoms with van der Waals surface area (Å²) in [5.41, 5.74) is 0.478. The molecular formula is C25H29NO3S2Si. The van der Waals surface area contributed by atoms with Crippen molar-refractivity contribution >= 4 is 58.2 Å². The Labute approximate surface area is 200 Å². The van der Waals surface area contributed by atoms with Crippen LogP contribution in [-0.2, 0) is 4.74 Å². The smallest absolute Gasteiger partial charge is 0.340 e. The Hall–Kier alpha value is -2.32. The van der Waals surface area contributed by atoms with Gasteiger partial charge in [-0.15, -0.1) is 11.3 Å². The molecule has 0 aliphatic carbocycles. The van der Waals surface area contributed by atoms with Gasteiger partial charge in [-0.2, -0.15) is 0 Å². The maximum Gasteiger partial charge on any atom is 0.340 e. The second-order valence-electron chi connectivity index (χ2n) is 8.58. The van der Waals surface area contributed by atoms with Crippen molar-refractivity contribution in [1.82, 2.24) is 0 Å². The van der Waals surface area contributed by atoms with Gasteiger partial charge in [-0.25, -0.2) is 4.79 Å². The quantitative estimate of drug-likeness (QED) is 0.273. The van der Waals surface area contributed by atoms with Crippen molar-refractivity contribution in [3.63, 3.8) is 0 Å². The van der Waals surface area contributed by atoms with E-state index in [2.05, 4.69) is 26.1 Å². The van der Waals surface area contributed by atoms with Crippen molar-refractivity contribution in [3.8, 4) is 0 Å². The largest absolute Gasteiger partial charge is 0.465 e. The summed E-state index contributed by atoms with van der Waals surface area (Å²) in [5, 5.41) is 7.31. The number of rotatable bonds is 8. The van der Waals surface area contributed by atoms with Gasteiger partial charge in [0.25, 0.3) is 8.32 Å². The highest BCUT2D eigenvalue weighted by atomic mass is 32.1. The Balaban J connectivity index is 1.87. The minimum Gasteiger partial charge on any atom is -0.465 e. The molecule has 4 nitrogen and oxygen atoms in total. The molecule has 7 heteroatoms. The molecule has 2 aromatic carbocycles. The maximum atomic E-state index is 12.3. The molecule has 0 spiro atoms. The summed E-state index contributed by atoms with van der Waals surface area (Å²) >= 11 is 7.12. The average Bonchev–Trinajstić information content (AvgIpc) is 3.26. The summed E-state index contributed by atoms with van der Waals surface area (Å²) in [6.45, 7) is 6.32. The van der Waals surface area contributed by atoms with Gasteiger partial charge in [0.05, 0.1) is 17.7 Å². The highest BCUT2D eigenvalue weighted by Crippen LogP contribution is 2.42. The van der Waals surface area contributed by atoms with Gasteiger partial charge in [-0.05, 0) is 33.3 Å². The van der Waals surface area contributed by atoms with Crippen LogP contribution in [0.2, 0.25) is 5.04 Å². The van der Waals surface area contributed by atoms with E-state index in [1.807, 2.05) is 66.0 Å². The van der Waals surface area contributed by atoms with E-state index >= 15 is 0 Å². The first-order valence-electron chi connectivity index (χ1n) is 10.5. The zero-order chi connectivity index (χ0) is 23.4. The Bertz CT molecular complexity index is 1030. The molecule has 3 aromatic rings. The van der Waals surface area contributed by atoms with Crippen molar-refractivity contribution in [3.05, 3.63) is 77.7 Å². The lowest BCUT2D eigenvalue weighted by Gasteiger charge is -2.42. The molecular weight excluding hydrogens is 454 g/mol. The van der Waals surface area contributed by atoms with Gasteiger partial charge in [0.1, 0.15) is 5.00 Å². The predicted octanol–water partition coefficient (Wildman–Crippen LogP) is 4.83. The third-order valence-electron chi connectivity index (χ3n) is 5.93. The summed E-state index contributed by atoms with van der Waals surface area (Å²) in [6.07, 6.45) is 0.685. The first-order valence-corrected chi connectivity index (χ1v) is 13.7. The zero-order valence-electron chi connectivity index (χ0n) is 18.8. The summed E-state index contributed by atoms with van der Waals surface area (Å²) in [5.74, 6) is -0.404. The minimum absolute atomic E-state index is 0.0148. The summed E-state index contributed by atoms with van der Waals surface area (Å²) in [4.78, 5) is 25.0. The molecule has 0 unspecified atom stereocenters. The number of nitrogens with one attached hydrogen (secondary N) is 1. The third-order valence-corrected chi connectivity index (χ3v) is 11.8. The number of carbonyl (C=O) groups is 1. The second-order valence-corrected chi connectivity index (χ2v) is 13.9. The van der Waals surface area contributed by atoms with Crippen LogP contribution in [0.3, 0.4) is 0 Å². The van der Waals surface area contributed by atoms with E-state index in [1.165, 1.54) is 18.4 Å². The van der Waals surface area contributed by atoms with Gasteiger partial charge >= 0.3 is 5.97 Å². The molecule has 1 aromatic heterocycles. The van der Waals surface area contributed by atoms with Crippen LogP contribution in [0.15, 0.2) is 72.1 Å².